The van der Waals surface area contributed by atoms with Crippen molar-refractivity contribution in [2.24, 2.45) is 0 Å². The molecule has 0 spiro atoms. The number of amides is 1. The molecule has 3 aromatic rings. The fraction of sp³-hybridized carbons (Fsp3) is 0.290. The van der Waals surface area contributed by atoms with E-state index >= 15 is 0 Å². The van der Waals surface area contributed by atoms with Gasteiger partial charge in [-0.3, -0.25) is 9.59 Å². The van der Waals surface area contributed by atoms with Crippen molar-refractivity contribution < 1.29 is 28.9 Å². The number of hydrogen-bond acceptors (Lipinski definition) is 6. The minimum atomic E-state index is -0.765. The molecule has 38 heavy (non-hydrogen) atoms. The third kappa shape index (κ3) is 5.37. The maximum absolute atomic E-state index is 13.2. The second kappa shape index (κ2) is 11.9. The van der Waals surface area contributed by atoms with Crippen LogP contribution in [0.4, 0.5) is 0 Å². The molecule has 198 valence electrons. The molecule has 1 aliphatic heterocycles. The van der Waals surface area contributed by atoms with Gasteiger partial charge in [0, 0.05) is 12.1 Å². The largest absolute Gasteiger partial charge is 0.507 e. The molecule has 1 amide bonds. The van der Waals surface area contributed by atoms with Gasteiger partial charge in [0.1, 0.15) is 18.1 Å². The Bertz CT molecular complexity index is 1350. The van der Waals surface area contributed by atoms with Crippen molar-refractivity contribution in [3.8, 4) is 17.2 Å². The van der Waals surface area contributed by atoms with Crippen molar-refractivity contribution >= 4 is 17.4 Å². The second-order valence-corrected chi connectivity index (χ2v) is 9.09. The Morgan fingerprint density at radius 1 is 0.921 bits per heavy atom. The lowest BCUT2D eigenvalue weighted by Gasteiger charge is -2.25. The number of rotatable bonds is 10. The van der Waals surface area contributed by atoms with E-state index in [4.69, 9.17) is 14.2 Å². The van der Waals surface area contributed by atoms with E-state index in [0.29, 0.717) is 54.6 Å². The van der Waals surface area contributed by atoms with E-state index in [0.717, 1.165) is 11.1 Å². The minimum Gasteiger partial charge on any atom is -0.507 e. The van der Waals surface area contributed by atoms with Gasteiger partial charge in [0.2, 0.25) is 0 Å². The van der Waals surface area contributed by atoms with Crippen molar-refractivity contribution in [2.75, 3.05) is 20.3 Å². The first kappa shape index (κ1) is 26.8. The molecule has 1 saturated heterocycles. The number of hydrogen-bond donors (Lipinski definition) is 1. The van der Waals surface area contributed by atoms with Gasteiger partial charge in [-0.1, -0.05) is 43.3 Å². The summed E-state index contributed by atoms with van der Waals surface area (Å²) >= 11 is 0. The van der Waals surface area contributed by atoms with Gasteiger partial charge in [0.25, 0.3) is 11.7 Å². The Morgan fingerprint density at radius 3 is 2.32 bits per heavy atom. The van der Waals surface area contributed by atoms with E-state index in [1.807, 2.05) is 51.1 Å². The summed E-state index contributed by atoms with van der Waals surface area (Å²) in [4.78, 5) is 27.8. The first-order valence-electron chi connectivity index (χ1n) is 12.8. The smallest absolute Gasteiger partial charge is 0.295 e. The summed E-state index contributed by atoms with van der Waals surface area (Å²) in [7, 11) is 1.54. The number of methoxy groups -OCH3 is 1. The molecule has 1 atom stereocenters. The number of aryl methyl sites for hydroxylation is 1. The molecule has 7 heteroatoms. The maximum Gasteiger partial charge on any atom is 0.295 e. The van der Waals surface area contributed by atoms with Crippen molar-refractivity contribution in [3.63, 3.8) is 0 Å². The van der Waals surface area contributed by atoms with Crippen molar-refractivity contribution in [3.05, 3.63) is 94.6 Å². The molecule has 1 unspecified atom stereocenters. The summed E-state index contributed by atoms with van der Waals surface area (Å²) in [5, 5.41) is 11.3. The van der Waals surface area contributed by atoms with Crippen LogP contribution in [0, 0.1) is 6.92 Å². The highest BCUT2D eigenvalue weighted by Gasteiger charge is 2.46. The molecule has 0 radical (unpaired) electrons. The number of carbonyl (C=O) groups is 2. The van der Waals surface area contributed by atoms with E-state index in [1.165, 1.54) is 4.90 Å². The van der Waals surface area contributed by atoms with Gasteiger partial charge in [0.05, 0.1) is 25.3 Å². The van der Waals surface area contributed by atoms with Gasteiger partial charge in [-0.05, 0) is 67.3 Å². The fourth-order valence-corrected chi connectivity index (χ4v) is 4.68. The van der Waals surface area contributed by atoms with Gasteiger partial charge in [-0.25, -0.2) is 0 Å². The Morgan fingerprint density at radius 2 is 1.66 bits per heavy atom. The normalized spacial score (nSPS) is 16.5. The Kier molecular flexibility index (Phi) is 8.36. The second-order valence-electron chi connectivity index (χ2n) is 9.09. The van der Waals surface area contributed by atoms with Crippen LogP contribution >= 0.6 is 0 Å². The Hall–Kier alpha value is -4.26. The molecule has 3 aromatic carbocycles. The van der Waals surface area contributed by atoms with Crippen LogP contribution in [0.5, 0.6) is 17.2 Å². The molecule has 4 rings (SSSR count). The maximum atomic E-state index is 13.2. The standard InChI is InChI=1S/C31H33NO6/c1-5-16-32-28(22-12-15-25(26(18-22)36-4)38-19-21-10-8-7-9-11-21)27(30(34)31(32)35)29(33)23-13-14-24(37-6-2)20(3)17-23/h7-15,17-18,28,33H,5-6,16,19H2,1-4H3/b29-27-. The number of benzene rings is 3. The number of Topliss-reactive ketones (excluding diaryl/α,β-unsaturated/α-hetero) is 1. The van der Waals surface area contributed by atoms with E-state index in [1.54, 1.807) is 43.5 Å². The molecule has 0 saturated carbocycles. The number of ether oxygens (including phenoxy) is 3. The summed E-state index contributed by atoms with van der Waals surface area (Å²) in [5.41, 5.74) is 2.97. The predicted octanol–water partition coefficient (Wildman–Crippen LogP) is 5.81. The highest BCUT2D eigenvalue weighted by atomic mass is 16.5. The van der Waals surface area contributed by atoms with Crippen LogP contribution in [0.2, 0.25) is 0 Å². The van der Waals surface area contributed by atoms with E-state index < -0.39 is 17.7 Å². The molecule has 1 fully saturated rings. The number of aliphatic hydroxyl groups is 1. The molecule has 1 heterocycles. The van der Waals surface area contributed by atoms with Crippen molar-refractivity contribution in [1.82, 2.24) is 4.90 Å². The summed E-state index contributed by atoms with van der Waals surface area (Å²) in [5.74, 6) is 0.136. The number of nitrogens with zero attached hydrogens (tertiary/aromatic N) is 1. The highest BCUT2D eigenvalue weighted by molar-refractivity contribution is 6.46. The van der Waals surface area contributed by atoms with Gasteiger partial charge in [0.15, 0.2) is 11.5 Å². The fourth-order valence-electron chi connectivity index (χ4n) is 4.68. The van der Waals surface area contributed by atoms with Crippen LogP contribution < -0.4 is 14.2 Å². The SMILES string of the molecule is CCCN1C(=O)C(=O)/C(=C(\O)c2ccc(OCC)c(C)c2)C1c1ccc(OCc2ccccc2)c(OC)c1. The molecular formula is C31H33NO6. The monoisotopic (exact) mass is 515 g/mol. The number of likely N-dealkylation sites (tertiary alicyclic amines) is 1. The van der Waals surface area contributed by atoms with E-state index in [-0.39, 0.29) is 11.3 Å². The quantitative estimate of drug-likeness (QED) is 0.208. The van der Waals surface area contributed by atoms with Crippen molar-refractivity contribution in [1.29, 1.82) is 0 Å². The zero-order valence-corrected chi connectivity index (χ0v) is 22.2. The Balaban J connectivity index is 1.75. The summed E-state index contributed by atoms with van der Waals surface area (Å²) in [6.45, 7) is 6.95. The number of carbonyl (C=O) groups excluding carboxylic acids is 2. The minimum absolute atomic E-state index is 0.0482. The predicted molar refractivity (Wildman–Crippen MR) is 145 cm³/mol. The molecule has 0 aromatic heterocycles. The molecule has 1 N–H and O–H groups in total. The van der Waals surface area contributed by atoms with E-state index in [9.17, 15) is 14.7 Å². The lowest BCUT2D eigenvalue weighted by atomic mass is 9.94. The zero-order chi connectivity index (χ0) is 27.2. The number of ketones is 1. The average Bonchev–Trinajstić information content (AvgIpc) is 3.18. The molecule has 1 aliphatic rings. The lowest BCUT2D eigenvalue weighted by molar-refractivity contribution is -0.139. The molecular weight excluding hydrogens is 482 g/mol. The van der Waals surface area contributed by atoms with Gasteiger partial charge in [-0.15, -0.1) is 0 Å². The zero-order valence-electron chi connectivity index (χ0n) is 22.2. The molecule has 0 bridgehead atoms. The first-order valence-corrected chi connectivity index (χ1v) is 12.8. The van der Waals surface area contributed by atoms with Crippen LogP contribution in [-0.2, 0) is 16.2 Å². The van der Waals surface area contributed by atoms with Crippen molar-refractivity contribution in [2.45, 2.75) is 39.8 Å². The van der Waals surface area contributed by atoms with Gasteiger partial charge in [-0.2, -0.15) is 0 Å². The van der Waals surface area contributed by atoms with Crippen LogP contribution in [0.25, 0.3) is 5.76 Å². The summed E-state index contributed by atoms with van der Waals surface area (Å²) in [6, 6.07) is 19.6. The first-order chi connectivity index (χ1) is 18.4. The topological polar surface area (TPSA) is 85.3 Å². The summed E-state index contributed by atoms with van der Waals surface area (Å²) < 4.78 is 17.2. The highest BCUT2D eigenvalue weighted by Crippen LogP contribution is 2.42. The number of aliphatic hydroxyl groups excluding tert-OH is 1. The molecule has 7 nitrogen and oxygen atoms in total. The Labute approximate surface area is 223 Å². The van der Waals surface area contributed by atoms with Crippen LogP contribution in [0.15, 0.2) is 72.3 Å². The van der Waals surface area contributed by atoms with Crippen LogP contribution in [0.1, 0.15) is 48.6 Å². The van der Waals surface area contributed by atoms with E-state index in [2.05, 4.69) is 0 Å². The van der Waals surface area contributed by atoms with Gasteiger partial charge >= 0.3 is 0 Å². The van der Waals surface area contributed by atoms with Crippen LogP contribution in [0.3, 0.4) is 0 Å². The third-order valence-corrected chi connectivity index (χ3v) is 6.49. The average molecular weight is 516 g/mol. The van der Waals surface area contributed by atoms with Crippen LogP contribution in [-0.4, -0.2) is 42.0 Å². The third-order valence-electron chi connectivity index (χ3n) is 6.49. The van der Waals surface area contributed by atoms with Gasteiger partial charge < -0.3 is 24.2 Å². The lowest BCUT2D eigenvalue weighted by Crippen LogP contribution is -2.30. The molecule has 0 aliphatic carbocycles. The summed E-state index contributed by atoms with van der Waals surface area (Å²) in [6.07, 6.45) is 0.654.